The zero-order valence-electron chi connectivity index (χ0n) is 17.3. The first kappa shape index (κ1) is 19.2. The molecular formula is C23H22N4O4. The highest BCUT2D eigenvalue weighted by molar-refractivity contribution is 5.84. The van der Waals surface area contributed by atoms with E-state index in [0.717, 1.165) is 22.0 Å². The number of aromatic nitrogens is 3. The van der Waals surface area contributed by atoms with Gasteiger partial charge >= 0.3 is 5.69 Å². The van der Waals surface area contributed by atoms with Gasteiger partial charge in [-0.15, -0.1) is 5.10 Å². The molecule has 3 heterocycles. The molecule has 0 bridgehead atoms. The zero-order chi connectivity index (χ0) is 21.5. The highest BCUT2D eigenvalue weighted by Gasteiger charge is 2.21. The van der Waals surface area contributed by atoms with Crippen LogP contribution in [0.4, 0.5) is 0 Å². The standard InChI is InChI=1S/C23H22N4O4/c1-14-7-8-18-16(9-14)10-15(2)22-25-26(23(29)27(18)22)12-21(28)24-11-17-13-30-19-5-3-4-6-20(19)31-17/h3-10,17H,11-13H2,1-2H3,(H,24,28)/t17-/m0/s1. The number of carbonyl (C=O) groups is 1. The first-order valence-electron chi connectivity index (χ1n) is 10.1. The summed E-state index contributed by atoms with van der Waals surface area (Å²) in [7, 11) is 0. The van der Waals surface area contributed by atoms with Crippen molar-refractivity contribution in [2.24, 2.45) is 0 Å². The number of fused-ring (bicyclic) bond motifs is 4. The van der Waals surface area contributed by atoms with Crippen molar-refractivity contribution in [2.45, 2.75) is 26.5 Å². The van der Waals surface area contributed by atoms with Crippen LogP contribution in [0.2, 0.25) is 0 Å². The van der Waals surface area contributed by atoms with Gasteiger partial charge in [0, 0.05) is 0 Å². The lowest BCUT2D eigenvalue weighted by Crippen LogP contribution is -2.42. The van der Waals surface area contributed by atoms with Gasteiger partial charge in [-0.05, 0) is 55.1 Å². The predicted octanol–water partition coefficient (Wildman–Crippen LogP) is 2.22. The number of amides is 1. The molecule has 31 heavy (non-hydrogen) atoms. The van der Waals surface area contributed by atoms with Crippen molar-refractivity contribution in [3.8, 4) is 11.5 Å². The molecule has 1 aliphatic heterocycles. The van der Waals surface area contributed by atoms with Crippen LogP contribution in [-0.2, 0) is 11.3 Å². The Kier molecular flexibility index (Phi) is 4.62. The van der Waals surface area contributed by atoms with Crippen LogP contribution < -0.4 is 20.5 Å². The molecule has 2 aromatic heterocycles. The summed E-state index contributed by atoms with van der Waals surface area (Å²) in [6, 6.07) is 15.3. The molecule has 0 radical (unpaired) electrons. The Morgan fingerprint density at radius 2 is 1.97 bits per heavy atom. The third-order valence-corrected chi connectivity index (χ3v) is 5.38. The number of hydrogen-bond acceptors (Lipinski definition) is 5. The number of aryl methyl sites for hydroxylation is 2. The molecule has 0 unspecified atom stereocenters. The molecule has 1 atom stereocenters. The van der Waals surface area contributed by atoms with Crippen LogP contribution >= 0.6 is 0 Å². The minimum absolute atomic E-state index is 0.169. The van der Waals surface area contributed by atoms with Crippen LogP contribution in [0.5, 0.6) is 11.5 Å². The maximum atomic E-state index is 13.0. The summed E-state index contributed by atoms with van der Waals surface area (Å²) in [5.74, 6) is 1.03. The van der Waals surface area contributed by atoms with E-state index in [1.54, 1.807) is 4.40 Å². The summed E-state index contributed by atoms with van der Waals surface area (Å²) in [4.78, 5) is 25.5. The number of pyridine rings is 1. The topological polar surface area (TPSA) is 86.9 Å². The van der Waals surface area contributed by atoms with E-state index in [1.807, 2.05) is 62.4 Å². The quantitative estimate of drug-likeness (QED) is 0.549. The number of nitrogens with one attached hydrogen (secondary N) is 1. The van der Waals surface area contributed by atoms with Crippen molar-refractivity contribution in [3.63, 3.8) is 0 Å². The van der Waals surface area contributed by atoms with Gasteiger partial charge in [-0.3, -0.25) is 4.79 Å². The molecule has 1 aliphatic rings. The first-order valence-corrected chi connectivity index (χ1v) is 10.1. The third-order valence-electron chi connectivity index (χ3n) is 5.38. The highest BCUT2D eigenvalue weighted by atomic mass is 16.6. The SMILES string of the molecule is Cc1ccc2c(c1)cc(C)c1nn(CC(=O)NC[C@H]3COc4ccccc4O3)c(=O)n12. The van der Waals surface area contributed by atoms with Crippen molar-refractivity contribution >= 4 is 22.5 Å². The second-order valence-corrected chi connectivity index (χ2v) is 7.79. The number of hydrogen-bond donors (Lipinski definition) is 1. The molecule has 0 saturated carbocycles. The molecule has 0 fully saturated rings. The Morgan fingerprint density at radius 3 is 2.81 bits per heavy atom. The van der Waals surface area contributed by atoms with Crippen LogP contribution in [-0.4, -0.2) is 39.3 Å². The van der Waals surface area contributed by atoms with Gasteiger partial charge in [-0.1, -0.05) is 23.8 Å². The van der Waals surface area contributed by atoms with E-state index < -0.39 is 0 Å². The molecule has 0 aliphatic carbocycles. The Bertz CT molecular complexity index is 1370. The van der Waals surface area contributed by atoms with E-state index in [2.05, 4.69) is 10.4 Å². The third kappa shape index (κ3) is 3.50. The molecule has 4 aromatic rings. The molecule has 1 N–H and O–H groups in total. The summed E-state index contributed by atoms with van der Waals surface area (Å²) in [6.45, 7) is 4.37. The number of benzene rings is 2. The van der Waals surface area contributed by atoms with Crippen molar-refractivity contribution in [1.29, 1.82) is 0 Å². The maximum absolute atomic E-state index is 13.0. The van der Waals surface area contributed by atoms with Gasteiger partial charge in [-0.2, -0.15) is 0 Å². The van der Waals surface area contributed by atoms with Gasteiger partial charge in [0.15, 0.2) is 17.1 Å². The second-order valence-electron chi connectivity index (χ2n) is 7.79. The van der Waals surface area contributed by atoms with Crippen LogP contribution in [0.15, 0.2) is 53.3 Å². The summed E-state index contributed by atoms with van der Waals surface area (Å²) in [5.41, 5.74) is 2.97. The van der Waals surface area contributed by atoms with Gasteiger partial charge in [0.05, 0.1) is 12.1 Å². The minimum atomic E-state index is -0.339. The number of ether oxygens (including phenoxy) is 2. The van der Waals surface area contributed by atoms with Gasteiger partial charge in [0.25, 0.3) is 0 Å². The fourth-order valence-electron chi connectivity index (χ4n) is 3.86. The van der Waals surface area contributed by atoms with E-state index in [0.29, 0.717) is 23.8 Å². The highest BCUT2D eigenvalue weighted by Crippen LogP contribution is 2.30. The van der Waals surface area contributed by atoms with E-state index >= 15 is 0 Å². The van der Waals surface area contributed by atoms with E-state index in [9.17, 15) is 9.59 Å². The zero-order valence-corrected chi connectivity index (χ0v) is 17.3. The summed E-state index contributed by atoms with van der Waals surface area (Å²) in [5, 5.41) is 8.17. The fourth-order valence-corrected chi connectivity index (χ4v) is 3.86. The lowest BCUT2D eigenvalue weighted by Gasteiger charge is -2.26. The number of nitrogens with zero attached hydrogens (tertiary/aromatic N) is 3. The average molecular weight is 418 g/mol. The lowest BCUT2D eigenvalue weighted by atomic mass is 10.1. The van der Waals surface area contributed by atoms with Crippen LogP contribution in [0.1, 0.15) is 11.1 Å². The van der Waals surface area contributed by atoms with Crippen molar-refractivity contribution in [2.75, 3.05) is 13.2 Å². The molecule has 0 saturated heterocycles. The Balaban J connectivity index is 1.33. The average Bonchev–Trinajstić information content (AvgIpc) is 3.09. The maximum Gasteiger partial charge on any atom is 0.351 e. The first-order chi connectivity index (χ1) is 15.0. The van der Waals surface area contributed by atoms with Crippen LogP contribution in [0.25, 0.3) is 16.6 Å². The molecular weight excluding hydrogens is 396 g/mol. The molecule has 8 nitrogen and oxygen atoms in total. The Hall–Kier alpha value is -3.81. The van der Waals surface area contributed by atoms with Crippen molar-refractivity contribution in [3.05, 3.63) is 70.1 Å². The Morgan fingerprint density at radius 1 is 1.16 bits per heavy atom. The smallest absolute Gasteiger partial charge is 0.351 e. The van der Waals surface area contributed by atoms with Gasteiger partial charge in [0.2, 0.25) is 5.91 Å². The molecule has 5 rings (SSSR count). The van der Waals surface area contributed by atoms with Gasteiger partial charge in [-0.25, -0.2) is 13.9 Å². The van der Waals surface area contributed by atoms with Crippen LogP contribution in [0.3, 0.4) is 0 Å². The van der Waals surface area contributed by atoms with Crippen molar-refractivity contribution in [1.82, 2.24) is 19.5 Å². The number of carbonyl (C=O) groups excluding carboxylic acids is 1. The van der Waals surface area contributed by atoms with Gasteiger partial charge in [0.1, 0.15) is 19.3 Å². The second kappa shape index (κ2) is 7.46. The molecule has 1 amide bonds. The van der Waals surface area contributed by atoms with Crippen molar-refractivity contribution < 1.29 is 14.3 Å². The predicted molar refractivity (Wildman–Crippen MR) is 116 cm³/mol. The summed E-state index contributed by atoms with van der Waals surface area (Å²) < 4.78 is 14.3. The number of rotatable bonds is 4. The lowest BCUT2D eigenvalue weighted by molar-refractivity contribution is -0.122. The van der Waals surface area contributed by atoms with E-state index in [1.165, 1.54) is 4.68 Å². The fraction of sp³-hybridized carbons (Fsp3) is 0.261. The monoisotopic (exact) mass is 418 g/mol. The Labute approximate surface area is 178 Å². The molecule has 8 heteroatoms. The molecule has 2 aromatic carbocycles. The van der Waals surface area contributed by atoms with Gasteiger partial charge < -0.3 is 14.8 Å². The minimum Gasteiger partial charge on any atom is -0.486 e. The normalized spacial score (nSPS) is 15.4. The molecule has 0 spiro atoms. The summed E-state index contributed by atoms with van der Waals surface area (Å²) in [6.07, 6.45) is -0.300. The summed E-state index contributed by atoms with van der Waals surface area (Å²) >= 11 is 0. The van der Waals surface area contributed by atoms with E-state index in [-0.39, 0.29) is 30.8 Å². The largest absolute Gasteiger partial charge is 0.486 e. The van der Waals surface area contributed by atoms with Crippen LogP contribution in [0, 0.1) is 13.8 Å². The number of para-hydroxylation sites is 2. The molecule has 158 valence electrons. The van der Waals surface area contributed by atoms with E-state index in [4.69, 9.17) is 9.47 Å².